The van der Waals surface area contributed by atoms with Gasteiger partial charge in [-0.1, -0.05) is 0 Å². The molecule has 0 radical (unpaired) electrons. The Morgan fingerprint density at radius 2 is 2.04 bits per heavy atom. The molecule has 0 aromatic heterocycles. The minimum absolute atomic E-state index is 0.00173. The van der Waals surface area contributed by atoms with E-state index < -0.39 is 21.9 Å². The number of fused-ring (bicyclic) bond motifs is 1. The first-order valence-corrected chi connectivity index (χ1v) is 11.1. The summed E-state index contributed by atoms with van der Waals surface area (Å²) in [6.45, 7) is 1.26. The van der Waals surface area contributed by atoms with Gasteiger partial charge in [0.25, 0.3) is 0 Å². The summed E-state index contributed by atoms with van der Waals surface area (Å²) in [6.07, 6.45) is 2.78. The van der Waals surface area contributed by atoms with Crippen molar-refractivity contribution in [3.8, 4) is 0 Å². The van der Waals surface area contributed by atoms with Gasteiger partial charge in [0.15, 0.2) is 0 Å². The lowest BCUT2D eigenvalue weighted by Crippen LogP contribution is -2.51. The number of nitrogens with zero attached hydrogens (tertiary/aromatic N) is 2. The summed E-state index contributed by atoms with van der Waals surface area (Å²) >= 11 is 0. The van der Waals surface area contributed by atoms with Crippen molar-refractivity contribution in [2.24, 2.45) is 0 Å². The molecule has 3 aliphatic heterocycles. The van der Waals surface area contributed by atoms with Gasteiger partial charge in [0.05, 0.1) is 11.4 Å². The van der Waals surface area contributed by atoms with Crippen LogP contribution in [-0.4, -0.2) is 61.0 Å². The Labute approximate surface area is 163 Å². The molecule has 0 saturated carbocycles. The van der Waals surface area contributed by atoms with E-state index in [0.717, 1.165) is 0 Å². The van der Waals surface area contributed by atoms with E-state index in [2.05, 4.69) is 10.6 Å². The summed E-state index contributed by atoms with van der Waals surface area (Å²) < 4.78 is 40.2. The molecule has 152 valence electrons. The number of halogens is 1. The number of carbonyl (C=O) groups excluding carboxylic acids is 2. The quantitative estimate of drug-likeness (QED) is 0.776. The molecule has 0 spiro atoms. The van der Waals surface area contributed by atoms with Gasteiger partial charge in [-0.15, -0.1) is 0 Å². The van der Waals surface area contributed by atoms with Gasteiger partial charge in [0, 0.05) is 37.8 Å². The number of carbonyl (C=O) groups is 2. The maximum Gasteiger partial charge on any atom is 0.321 e. The second-order valence-corrected chi connectivity index (χ2v) is 9.53. The minimum atomic E-state index is -3.24. The highest BCUT2D eigenvalue weighted by molar-refractivity contribution is 7.89. The van der Waals surface area contributed by atoms with E-state index in [-0.39, 0.29) is 29.9 Å². The molecular weight excluding hydrogens is 387 g/mol. The van der Waals surface area contributed by atoms with Crippen LogP contribution in [-0.2, 0) is 21.2 Å². The fraction of sp³-hybridized carbons (Fsp3) is 0.556. The first-order chi connectivity index (χ1) is 13.3. The number of hydrogen-bond donors (Lipinski definition) is 2. The third-order valence-corrected chi connectivity index (χ3v) is 7.56. The predicted octanol–water partition coefficient (Wildman–Crippen LogP) is 1.74. The summed E-state index contributed by atoms with van der Waals surface area (Å²) in [7, 11) is -3.24. The highest BCUT2D eigenvalue weighted by Gasteiger charge is 2.37. The fourth-order valence-corrected chi connectivity index (χ4v) is 5.89. The molecule has 8 nitrogen and oxygen atoms in total. The lowest BCUT2D eigenvalue weighted by Gasteiger charge is -2.36. The maximum atomic E-state index is 14.4. The monoisotopic (exact) mass is 410 g/mol. The van der Waals surface area contributed by atoms with Crippen molar-refractivity contribution in [2.75, 3.05) is 36.0 Å². The second kappa shape index (κ2) is 7.32. The minimum Gasteiger partial charge on any atom is -0.326 e. The van der Waals surface area contributed by atoms with Crippen molar-refractivity contribution >= 4 is 33.3 Å². The van der Waals surface area contributed by atoms with Crippen molar-refractivity contribution in [3.63, 3.8) is 0 Å². The van der Waals surface area contributed by atoms with Crippen molar-refractivity contribution in [1.82, 2.24) is 9.21 Å². The van der Waals surface area contributed by atoms with E-state index in [4.69, 9.17) is 0 Å². The topological polar surface area (TPSA) is 98.8 Å². The van der Waals surface area contributed by atoms with Gasteiger partial charge in [-0.05, 0) is 43.4 Å². The molecule has 1 aromatic carbocycles. The fourth-order valence-electron chi connectivity index (χ4n) is 4.13. The van der Waals surface area contributed by atoms with Gasteiger partial charge < -0.3 is 15.5 Å². The SMILES string of the molecule is O=C1CCc2cc(F)c(NC(=O)N3CCCC(N4CCCS4(=O)=O)C3)cc2N1. The molecule has 1 atom stereocenters. The smallest absolute Gasteiger partial charge is 0.321 e. The summed E-state index contributed by atoms with van der Waals surface area (Å²) in [5, 5.41) is 5.26. The molecule has 3 heterocycles. The number of likely N-dealkylation sites (tertiary alicyclic amines) is 1. The van der Waals surface area contributed by atoms with E-state index >= 15 is 0 Å². The van der Waals surface area contributed by atoms with Gasteiger partial charge >= 0.3 is 6.03 Å². The molecule has 1 unspecified atom stereocenters. The van der Waals surface area contributed by atoms with Gasteiger partial charge in [0.1, 0.15) is 5.82 Å². The lowest BCUT2D eigenvalue weighted by molar-refractivity contribution is -0.116. The van der Waals surface area contributed by atoms with Crippen LogP contribution in [0.2, 0.25) is 0 Å². The van der Waals surface area contributed by atoms with Crippen LogP contribution in [0.25, 0.3) is 0 Å². The van der Waals surface area contributed by atoms with Crippen LogP contribution in [0.15, 0.2) is 12.1 Å². The highest BCUT2D eigenvalue weighted by Crippen LogP contribution is 2.29. The molecule has 3 amide bonds. The van der Waals surface area contributed by atoms with Crippen LogP contribution >= 0.6 is 0 Å². The Bertz CT molecular complexity index is 920. The maximum absolute atomic E-state index is 14.4. The van der Waals surface area contributed by atoms with Crippen molar-refractivity contribution < 1.29 is 22.4 Å². The lowest BCUT2D eigenvalue weighted by atomic mass is 10.0. The first kappa shape index (κ1) is 19.1. The number of sulfonamides is 1. The number of amides is 3. The second-order valence-electron chi connectivity index (χ2n) is 7.49. The zero-order valence-electron chi connectivity index (χ0n) is 15.4. The van der Waals surface area contributed by atoms with Gasteiger partial charge in [0.2, 0.25) is 15.9 Å². The molecule has 2 fully saturated rings. The molecule has 3 aliphatic rings. The number of urea groups is 1. The van der Waals surface area contributed by atoms with E-state index in [9.17, 15) is 22.4 Å². The highest BCUT2D eigenvalue weighted by atomic mass is 32.2. The normalized spacial score (nSPS) is 24.5. The number of rotatable bonds is 2. The zero-order valence-corrected chi connectivity index (χ0v) is 16.2. The molecule has 10 heteroatoms. The molecule has 0 aliphatic carbocycles. The number of hydrogen-bond acceptors (Lipinski definition) is 4. The predicted molar refractivity (Wildman–Crippen MR) is 102 cm³/mol. The number of anilines is 2. The molecule has 28 heavy (non-hydrogen) atoms. The van der Waals surface area contributed by atoms with E-state index in [1.54, 1.807) is 0 Å². The Hall–Kier alpha value is -2.20. The Morgan fingerprint density at radius 1 is 1.21 bits per heavy atom. The van der Waals surface area contributed by atoms with Gasteiger partial charge in [-0.3, -0.25) is 4.79 Å². The standard InChI is InChI=1S/C18H23FN4O4S/c19-14-9-12-4-5-17(24)20-15(12)10-16(14)21-18(25)22-6-1-3-13(11-22)23-7-2-8-28(23,26)27/h9-10,13H,1-8,11H2,(H,20,24)(H,21,25). The summed E-state index contributed by atoms with van der Waals surface area (Å²) in [5.41, 5.74) is 1.21. The summed E-state index contributed by atoms with van der Waals surface area (Å²) in [6, 6.07) is 2.06. The molecule has 0 bridgehead atoms. The van der Waals surface area contributed by atoms with E-state index in [1.165, 1.54) is 21.3 Å². The van der Waals surface area contributed by atoms with Crippen LogP contribution in [0.4, 0.5) is 20.6 Å². The summed E-state index contributed by atoms with van der Waals surface area (Å²) in [5.74, 6) is -0.539. The average Bonchev–Trinajstić information content (AvgIpc) is 3.02. The van der Waals surface area contributed by atoms with Crippen LogP contribution in [0.1, 0.15) is 31.2 Å². The van der Waals surface area contributed by atoms with Gasteiger partial charge in [-0.25, -0.2) is 17.6 Å². The largest absolute Gasteiger partial charge is 0.326 e. The number of nitrogens with one attached hydrogen (secondary N) is 2. The summed E-state index contributed by atoms with van der Waals surface area (Å²) in [4.78, 5) is 25.7. The third kappa shape index (κ3) is 3.70. The van der Waals surface area contributed by atoms with E-state index in [1.807, 2.05) is 0 Å². The van der Waals surface area contributed by atoms with Crippen LogP contribution in [0, 0.1) is 5.82 Å². The average molecular weight is 410 g/mol. The number of piperidine rings is 1. The number of aryl methyl sites for hydroxylation is 1. The Balaban J connectivity index is 1.46. The molecular formula is C18H23FN4O4S. The van der Waals surface area contributed by atoms with Crippen LogP contribution < -0.4 is 10.6 Å². The van der Waals surface area contributed by atoms with Crippen molar-refractivity contribution in [1.29, 1.82) is 0 Å². The molecule has 4 rings (SSSR count). The van der Waals surface area contributed by atoms with Crippen molar-refractivity contribution in [2.45, 2.75) is 38.1 Å². The Morgan fingerprint density at radius 3 is 2.79 bits per heavy atom. The first-order valence-electron chi connectivity index (χ1n) is 9.51. The number of benzene rings is 1. The zero-order chi connectivity index (χ0) is 19.9. The molecule has 1 aromatic rings. The van der Waals surface area contributed by atoms with E-state index in [0.29, 0.717) is 56.4 Å². The van der Waals surface area contributed by atoms with Gasteiger partial charge in [-0.2, -0.15) is 4.31 Å². The molecule has 2 N–H and O–H groups in total. The third-order valence-electron chi connectivity index (χ3n) is 5.56. The van der Waals surface area contributed by atoms with Crippen LogP contribution in [0.3, 0.4) is 0 Å². The van der Waals surface area contributed by atoms with Crippen molar-refractivity contribution in [3.05, 3.63) is 23.5 Å². The van der Waals surface area contributed by atoms with Crippen LogP contribution in [0.5, 0.6) is 0 Å². The Kier molecular flexibility index (Phi) is 5.00. The molecule has 2 saturated heterocycles.